The van der Waals surface area contributed by atoms with Crippen LogP contribution in [0.5, 0.6) is 0 Å². The van der Waals surface area contributed by atoms with Crippen molar-refractivity contribution in [3.63, 3.8) is 0 Å². The molecule has 0 radical (unpaired) electrons. The van der Waals surface area contributed by atoms with Crippen LogP contribution in [0, 0.1) is 0 Å². The van der Waals surface area contributed by atoms with Gasteiger partial charge in [0.15, 0.2) is 0 Å². The maximum Gasteiger partial charge on any atom is 0.262 e. The maximum atomic E-state index is 12.8. The van der Waals surface area contributed by atoms with Crippen LogP contribution < -0.4 is 10.2 Å². The molecule has 0 saturated carbocycles. The molecular weight excluding hydrogens is 380 g/mol. The minimum atomic E-state index is -0.881. The molecule has 2 aliphatic rings. The maximum absolute atomic E-state index is 12.8. The fraction of sp³-hybridized carbons (Fsp3) is 0.348. The van der Waals surface area contributed by atoms with Gasteiger partial charge in [0.25, 0.3) is 11.8 Å². The molecule has 156 valence electrons. The van der Waals surface area contributed by atoms with E-state index in [2.05, 4.69) is 28.2 Å². The van der Waals surface area contributed by atoms with Crippen molar-refractivity contribution in [3.05, 3.63) is 65.2 Å². The van der Waals surface area contributed by atoms with Crippen LogP contribution in [0.3, 0.4) is 0 Å². The largest absolute Gasteiger partial charge is 0.369 e. The lowest BCUT2D eigenvalue weighted by Crippen LogP contribution is -2.48. The van der Waals surface area contributed by atoms with Crippen molar-refractivity contribution < 1.29 is 14.4 Å². The van der Waals surface area contributed by atoms with Crippen LogP contribution in [0.4, 0.5) is 5.69 Å². The van der Waals surface area contributed by atoms with Crippen LogP contribution in [0.25, 0.3) is 0 Å². The number of anilines is 1. The van der Waals surface area contributed by atoms with Gasteiger partial charge in [-0.05, 0) is 37.7 Å². The zero-order valence-electron chi connectivity index (χ0n) is 17.3. The van der Waals surface area contributed by atoms with Crippen LogP contribution in [0.15, 0.2) is 48.5 Å². The summed E-state index contributed by atoms with van der Waals surface area (Å²) in [7, 11) is 2.12. The van der Waals surface area contributed by atoms with E-state index in [9.17, 15) is 14.4 Å². The number of hydrogen-bond donors (Lipinski definition) is 1. The van der Waals surface area contributed by atoms with Gasteiger partial charge in [-0.2, -0.15) is 0 Å². The van der Waals surface area contributed by atoms with E-state index < -0.39 is 17.9 Å². The lowest BCUT2D eigenvalue weighted by atomic mass is 10.1. The van der Waals surface area contributed by atoms with Gasteiger partial charge >= 0.3 is 0 Å². The Morgan fingerprint density at radius 2 is 1.50 bits per heavy atom. The summed E-state index contributed by atoms with van der Waals surface area (Å²) in [5.74, 6) is -1.19. The molecule has 0 bridgehead atoms. The second-order valence-corrected chi connectivity index (χ2v) is 7.84. The van der Waals surface area contributed by atoms with Crippen molar-refractivity contribution in [2.75, 3.05) is 38.1 Å². The van der Waals surface area contributed by atoms with Gasteiger partial charge in [-0.1, -0.05) is 30.3 Å². The molecule has 2 aromatic carbocycles. The number of amides is 3. The number of carbonyl (C=O) groups excluding carboxylic acids is 3. The highest BCUT2D eigenvalue weighted by Gasteiger charge is 2.40. The Balaban J connectivity index is 1.43. The van der Waals surface area contributed by atoms with Crippen LogP contribution in [-0.4, -0.2) is 66.8 Å². The van der Waals surface area contributed by atoms with E-state index >= 15 is 0 Å². The monoisotopic (exact) mass is 406 g/mol. The molecular formula is C23H26N4O3. The van der Waals surface area contributed by atoms with E-state index in [1.165, 1.54) is 0 Å². The summed E-state index contributed by atoms with van der Waals surface area (Å²) in [5, 5.41) is 2.91. The number of imide groups is 1. The fourth-order valence-corrected chi connectivity index (χ4v) is 4.02. The summed E-state index contributed by atoms with van der Waals surface area (Å²) in [6, 6.07) is 13.8. The summed E-state index contributed by atoms with van der Waals surface area (Å²) >= 11 is 0. The number of carbonyl (C=O) groups is 3. The average Bonchev–Trinajstić information content (AvgIpc) is 3.03. The van der Waals surface area contributed by atoms with E-state index in [1.54, 1.807) is 31.2 Å². The molecule has 7 heteroatoms. The van der Waals surface area contributed by atoms with Gasteiger partial charge in [0.2, 0.25) is 5.91 Å². The molecule has 0 aromatic heterocycles. The molecule has 7 nitrogen and oxygen atoms in total. The Morgan fingerprint density at radius 1 is 0.933 bits per heavy atom. The number of benzene rings is 2. The zero-order chi connectivity index (χ0) is 21.3. The molecule has 1 N–H and O–H groups in total. The molecule has 4 rings (SSSR count). The number of nitrogens with one attached hydrogen (secondary N) is 1. The lowest BCUT2D eigenvalue weighted by Gasteiger charge is -2.35. The Morgan fingerprint density at radius 3 is 2.13 bits per heavy atom. The number of fused-ring (bicyclic) bond motifs is 1. The van der Waals surface area contributed by atoms with Crippen molar-refractivity contribution in [3.8, 4) is 0 Å². The van der Waals surface area contributed by atoms with Crippen molar-refractivity contribution in [1.82, 2.24) is 15.1 Å². The average molecular weight is 406 g/mol. The first-order valence-corrected chi connectivity index (χ1v) is 10.2. The Kier molecular flexibility index (Phi) is 5.55. The predicted octanol–water partition coefficient (Wildman–Crippen LogP) is 1.74. The molecule has 30 heavy (non-hydrogen) atoms. The van der Waals surface area contributed by atoms with Gasteiger partial charge in [0.1, 0.15) is 6.04 Å². The minimum absolute atomic E-state index is 0.342. The van der Waals surface area contributed by atoms with Crippen molar-refractivity contribution in [1.29, 1.82) is 0 Å². The minimum Gasteiger partial charge on any atom is -0.369 e. The van der Waals surface area contributed by atoms with Gasteiger partial charge in [-0.15, -0.1) is 0 Å². The highest BCUT2D eigenvalue weighted by atomic mass is 16.2. The fourth-order valence-electron chi connectivity index (χ4n) is 4.02. The van der Waals surface area contributed by atoms with Gasteiger partial charge in [-0.3, -0.25) is 19.3 Å². The Labute approximate surface area is 176 Å². The number of para-hydroxylation sites is 1. The molecule has 1 saturated heterocycles. The first-order valence-electron chi connectivity index (χ1n) is 10.2. The van der Waals surface area contributed by atoms with Crippen LogP contribution in [0.1, 0.15) is 33.2 Å². The first-order chi connectivity index (χ1) is 14.5. The predicted molar refractivity (Wildman–Crippen MR) is 114 cm³/mol. The third-order valence-corrected chi connectivity index (χ3v) is 5.88. The Hall–Kier alpha value is -3.19. The number of rotatable bonds is 5. The summed E-state index contributed by atoms with van der Waals surface area (Å²) in [5.41, 5.74) is 2.83. The van der Waals surface area contributed by atoms with Gasteiger partial charge in [0, 0.05) is 38.4 Å². The quantitative estimate of drug-likeness (QED) is 0.766. The highest BCUT2D eigenvalue weighted by molar-refractivity contribution is 6.22. The standard InChI is InChI=1S/C23H26N4O3/c1-16(27-22(29)18-8-4-5-9-19(18)23(27)30)21(28)24-15-17-7-3-6-10-20(17)26-13-11-25(2)12-14-26/h3-10,16H,11-15H2,1-2H3,(H,24,28). The summed E-state index contributed by atoms with van der Waals surface area (Å²) in [4.78, 5) is 43.7. The van der Waals surface area contributed by atoms with Crippen molar-refractivity contribution in [2.24, 2.45) is 0 Å². The SMILES string of the molecule is CC(C(=O)NCc1ccccc1N1CCN(C)CC1)N1C(=O)c2ccccc2C1=O. The van der Waals surface area contributed by atoms with Gasteiger partial charge < -0.3 is 15.1 Å². The van der Waals surface area contributed by atoms with E-state index in [1.807, 2.05) is 18.2 Å². The van der Waals surface area contributed by atoms with E-state index in [0.29, 0.717) is 17.7 Å². The number of likely N-dealkylation sites (N-methyl/N-ethyl adjacent to an activating group) is 1. The molecule has 1 fully saturated rings. The Bertz CT molecular complexity index is 947. The number of hydrogen-bond acceptors (Lipinski definition) is 5. The smallest absolute Gasteiger partial charge is 0.262 e. The molecule has 1 atom stereocenters. The van der Waals surface area contributed by atoms with Crippen molar-refractivity contribution >= 4 is 23.4 Å². The third kappa shape index (κ3) is 3.68. The topological polar surface area (TPSA) is 73.0 Å². The summed E-state index contributed by atoms with van der Waals surface area (Å²) < 4.78 is 0. The van der Waals surface area contributed by atoms with E-state index in [0.717, 1.165) is 42.3 Å². The zero-order valence-corrected chi connectivity index (χ0v) is 17.3. The molecule has 2 aromatic rings. The normalized spacial score (nSPS) is 17.8. The van der Waals surface area contributed by atoms with E-state index in [-0.39, 0.29) is 5.91 Å². The van der Waals surface area contributed by atoms with E-state index in [4.69, 9.17) is 0 Å². The molecule has 2 aliphatic heterocycles. The molecule has 2 heterocycles. The van der Waals surface area contributed by atoms with Crippen LogP contribution in [-0.2, 0) is 11.3 Å². The highest BCUT2D eigenvalue weighted by Crippen LogP contribution is 2.25. The van der Waals surface area contributed by atoms with Gasteiger partial charge in [-0.25, -0.2) is 0 Å². The number of nitrogens with zero attached hydrogens (tertiary/aromatic N) is 3. The second kappa shape index (κ2) is 8.28. The molecule has 3 amide bonds. The van der Waals surface area contributed by atoms with Crippen molar-refractivity contribution in [2.45, 2.75) is 19.5 Å². The lowest BCUT2D eigenvalue weighted by molar-refractivity contribution is -0.124. The molecule has 0 aliphatic carbocycles. The second-order valence-electron chi connectivity index (χ2n) is 7.84. The number of piperazine rings is 1. The van der Waals surface area contributed by atoms with Crippen LogP contribution in [0.2, 0.25) is 0 Å². The van der Waals surface area contributed by atoms with Gasteiger partial charge in [0.05, 0.1) is 11.1 Å². The molecule has 1 unspecified atom stereocenters. The first kappa shape index (κ1) is 20.1. The van der Waals surface area contributed by atoms with Crippen LogP contribution >= 0.6 is 0 Å². The summed E-state index contributed by atoms with van der Waals surface area (Å²) in [6.07, 6.45) is 0. The molecule has 0 spiro atoms. The third-order valence-electron chi connectivity index (χ3n) is 5.88. The summed E-state index contributed by atoms with van der Waals surface area (Å²) in [6.45, 7) is 5.80.